The molecule has 2 aromatic rings. The molecule has 0 amide bonds. The van der Waals surface area contributed by atoms with Gasteiger partial charge in [-0.05, 0) is 18.9 Å². The van der Waals surface area contributed by atoms with E-state index in [9.17, 15) is 10.0 Å². The van der Waals surface area contributed by atoms with E-state index in [1.165, 1.54) is 12.5 Å². The molecule has 18 heavy (non-hydrogen) atoms. The maximum atomic E-state index is 11.4. The highest BCUT2D eigenvalue weighted by Crippen LogP contribution is 2.21. The van der Waals surface area contributed by atoms with Gasteiger partial charge in [-0.1, -0.05) is 31.2 Å². The summed E-state index contributed by atoms with van der Waals surface area (Å²) in [6, 6.07) is 7.79. The molecule has 0 aliphatic carbocycles. The second-order valence-corrected chi connectivity index (χ2v) is 4.29. The maximum Gasteiger partial charge on any atom is 0.181 e. The topological polar surface area (TPSA) is 55.1 Å². The Morgan fingerprint density at radius 2 is 1.94 bits per heavy atom. The van der Waals surface area contributed by atoms with E-state index in [-0.39, 0.29) is 11.5 Å². The van der Waals surface area contributed by atoms with E-state index < -0.39 is 0 Å². The number of hydrogen-bond acceptors (Lipinski definition) is 3. The minimum Gasteiger partial charge on any atom is -0.426 e. The molecule has 0 bridgehead atoms. The number of ketones is 1. The summed E-state index contributed by atoms with van der Waals surface area (Å²) in [5.74, 6) is 0.208. The monoisotopic (exact) mass is 244 g/mol. The van der Waals surface area contributed by atoms with E-state index in [1.807, 2.05) is 24.3 Å². The fourth-order valence-electron chi connectivity index (χ4n) is 2.00. The second-order valence-electron chi connectivity index (χ2n) is 4.29. The molecule has 4 nitrogen and oxygen atoms in total. The van der Waals surface area contributed by atoms with Gasteiger partial charge < -0.3 is 5.21 Å². The SMILES string of the molecule is CCc1ccc(-c2nc(C)c(C(C)=O)n2O)cc1. The average Bonchev–Trinajstić information content (AvgIpc) is 2.65. The van der Waals surface area contributed by atoms with Crippen molar-refractivity contribution in [2.45, 2.75) is 27.2 Å². The maximum absolute atomic E-state index is 11.4. The van der Waals surface area contributed by atoms with Crippen molar-refractivity contribution in [3.63, 3.8) is 0 Å². The molecule has 0 spiro atoms. The fraction of sp³-hybridized carbons (Fsp3) is 0.286. The van der Waals surface area contributed by atoms with Crippen molar-refractivity contribution in [1.82, 2.24) is 9.71 Å². The number of Topliss-reactive ketones (excluding diaryl/α,β-unsaturated/α-hetero) is 1. The number of carbonyl (C=O) groups is 1. The second kappa shape index (κ2) is 4.64. The molecule has 94 valence electrons. The van der Waals surface area contributed by atoms with Gasteiger partial charge in [0.25, 0.3) is 0 Å². The molecule has 1 aromatic heterocycles. The van der Waals surface area contributed by atoms with Crippen molar-refractivity contribution in [3.05, 3.63) is 41.2 Å². The number of hydrogen-bond donors (Lipinski definition) is 1. The Morgan fingerprint density at radius 1 is 1.33 bits per heavy atom. The number of aromatic nitrogens is 2. The molecule has 0 fully saturated rings. The van der Waals surface area contributed by atoms with Gasteiger partial charge in [-0.15, -0.1) is 0 Å². The van der Waals surface area contributed by atoms with Gasteiger partial charge >= 0.3 is 0 Å². The third kappa shape index (κ3) is 2.01. The smallest absolute Gasteiger partial charge is 0.181 e. The van der Waals surface area contributed by atoms with Crippen molar-refractivity contribution >= 4 is 5.78 Å². The van der Waals surface area contributed by atoms with E-state index in [2.05, 4.69) is 11.9 Å². The summed E-state index contributed by atoms with van der Waals surface area (Å²) >= 11 is 0. The minimum atomic E-state index is -0.195. The summed E-state index contributed by atoms with van der Waals surface area (Å²) in [6.45, 7) is 5.22. The van der Waals surface area contributed by atoms with Crippen LogP contribution in [0, 0.1) is 6.92 Å². The van der Waals surface area contributed by atoms with Crippen molar-refractivity contribution in [2.75, 3.05) is 0 Å². The van der Waals surface area contributed by atoms with Crippen LogP contribution >= 0.6 is 0 Å². The lowest BCUT2D eigenvalue weighted by Crippen LogP contribution is -2.05. The quantitative estimate of drug-likeness (QED) is 0.667. The van der Waals surface area contributed by atoms with Gasteiger partial charge in [0.15, 0.2) is 11.6 Å². The Hall–Kier alpha value is -2.10. The lowest BCUT2D eigenvalue weighted by atomic mass is 10.1. The van der Waals surface area contributed by atoms with Crippen LogP contribution in [-0.4, -0.2) is 20.7 Å². The summed E-state index contributed by atoms with van der Waals surface area (Å²) < 4.78 is 0.874. The zero-order valence-electron chi connectivity index (χ0n) is 10.8. The van der Waals surface area contributed by atoms with Gasteiger partial charge in [0.2, 0.25) is 0 Å². The first-order valence-electron chi connectivity index (χ1n) is 5.93. The van der Waals surface area contributed by atoms with E-state index in [4.69, 9.17) is 0 Å². The highest BCUT2D eigenvalue weighted by molar-refractivity contribution is 5.94. The number of nitrogens with zero attached hydrogens (tertiary/aromatic N) is 2. The molecule has 1 heterocycles. The Bertz CT molecular complexity index is 583. The van der Waals surface area contributed by atoms with Crippen molar-refractivity contribution in [2.24, 2.45) is 0 Å². The molecule has 1 N–H and O–H groups in total. The first-order valence-corrected chi connectivity index (χ1v) is 5.93. The molecule has 0 aliphatic rings. The van der Waals surface area contributed by atoms with Gasteiger partial charge in [-0.2, -0.15) is 4.73 Å². The normalized spacial score (nSPS) is 10.6. The molecule has 0 atom stereocenters. The van der Waals surface area contributed by atoms with E-state index in [0.29, 0.717) is 11.5 Å². The predicted molar refractivity (Wildman–Crippen MR) is 69.0 cm³/mol. The Kier molecular flexibility index (Phi) is 3.19. The zero-order valence-corrected chi connectivity index (χ0v) is 10.8. The molecule has 2 rings (SSSR count). The highest BCUT2D eigenvalue weighted by atomic mass is 16.5. The van der Waals surface area contributed by atoms with Crippen LogP contribution in [-0.2, 0) is 6.42 Å². The lowest BCUT2D eigenvalue weighted by molar-refractivity contribution is 0.0965. The van der Waals surface area contributed by atoms with Crippen LogP contribution in [0.1, 0.15) is 35.6 Å². The van der Waals surface area contributed by atoms with Crippen LogP contribution < -0.4 is 0 Å². The summed E-state index contributed by atoms with van der Waals surface area (Å²) in [6.07, 6.45) is 0.964. The van der Waals surface area contributed by atoms with E-state index in [0.717, 1.165) is 16.7 Å². The van der Waals surface area contributed by atoms with Gasteiger partial charge in [0.05, 0.1) is 5.69 Å². The van der Waals surface area contributed by atoms with Crippen LogP contribution in [0.3, 0.4) is 0 Å². The third-order valence-electron chi connectivity index (χ3n) is 2.98. The van der Waals surface area contributed by atoms with Gasteiger partial charge in [0.1, 0.15) is 5.69 Å². The number of aryl methyl sites for hydroxylation is 2. The van der Waals surface area contributed by atoms with E-state index in [1.54, 1.807) is 6.92 Å². The third-order valence-corrected chi connectivity index (χ3v) is 2.98. The largest absolute Gasteiger partial charge is 0.426 e. The number of imidazole rings is 1. The van der Waals surface area contributed by atoms with Crippen molar-refractivity contribution < 1.29 is 10.0 Å². The number of benzene rings is 1. The molecule has 1 aromatic carbocycles. The Labute approximate surface area is 106 Å². The lowest BCUT2D eigenvalue weighted by Gasteiger charge is -2.03. The zero-order chi connectivity index (χ0) is 13.3. The Morgan fingerprint density at radius 3 is 2.39 bits per heavy atom. The summed E-state index contributed by atoms with van der Waals surface area (Å²) in [4.78, 5) is 15.7. The molecule has 0 unspecified atom stereocenters. The molecular weight excluding hydrogens is 228 g/mol. The van der Waals surface area contributed by atoms with Gasteiger partial charge in [-0.3, -0.25) is 4.79 Å². The summed E-state index contributed by atoms with van der Waals surface area (Å²) in [7, 11) is 0. The van der Waals surface area contributed by atoms with Gasteiger partial charge in [0, 0.05) is 12.5 Å². The summed E-state index contributed by atoms with van der Waals surface area (Å²) in [5.41, 5.74) is 2.80. The van der Waals surface area contributed by atoms with Crippen LogP contribution in [0.5, 0.6) is 0 Å². The Balaban J connectivity index is 2.50. The minimum absolute atomic E-state index is 0.195. The van der Waals surface area contributed by atoms with Crippen LogP contribution in [0.2, 0.25) is 0 Å². The van der Waals surface area contributed by atoms with Gasteiger partial charge in [-0.25, -0.2) is 4.98 Å². The van der Waals surface area contributed by atoms with Crippen molar-refractivity contribution in [1.29, 1.82) is 0 Å². The molecule has 4 heteroatoms. The molecule has 0 saturated carbocycles. The van der Waals surface area contributed by atoms with Crippen molar-refractivity contribution in [3.8, 4) is 11.4 Å². The van der Waals surface area contributed by atoms with Crippen LogP contribution in [0.25, 0.3) is 11.4 Å². The average molecular weight is 244 g/mol. The number of carbonyl (C=O) groups excluding carboxylic acids is 1. The van der Waals surface area contributed by atoms with Crippen LogP contribution in [0.15, 0.2) is 24.3 Å². The highest BCUT2D eigenvalue weighted by Gasteiger charge is 2.18. The fourth-order valence-corrected chi connectivity index (χ4v) is 2.00. The summed E-state index contributed by atoms with van der Waals surface area (Å²) in [5, 5.41) is 9.99. The van der Waals surface area contributed by atoms with E-state index >= 15 is 0 Å². The molecule has 0 saturated heterocycles. The number of rotatable bonds is 3. The first kappa shape index (κ1) is 12.4. The standard InChI is InChI=1S/C14H16N2O2/c1-4-11-5-7-12(8-6-11)14-15-9(2)13(10(3)17)16(14)18/h5-8,18H,4H2,1-3H3. The molecule has 0 aliphatic heterocycles. The van der Waals surface area contributed by atoms with Crippen LogP contribution in [0.4, 0.5) is 0 Å². The molecule has 0 radical (unpaired) electrons. The first-order chi connectivity index (χ1) is 8.54. The molecular formula is C14H16N2O2. The predicted octanol–water partition coefficient (Wildman–Crippen LogP) is 2.86.